The second-order valence-corrected chi connectivity index (χ2v) is 6.62. The van der Waals surface area contributed by atoms with Crippen LogP contribution in [-0.4, -0.2) is 59.3 Å². The zero-order chi connectivity index (χ0) is 15.8. The van der Waals surface area contributed by atoms with Crippen LogP contribution in [0.5, 0.6) is 0 Å². The summed E-state index contributed by atoms with van der Waals surface area (Å²) in [4.78, 5) is 36.6. The van der Waals surface area contributed by atoms with Crippen LogP contribution in [0.2, 0.25) is 0 Å². The lowest BCUT2D eigenvalue weighted by Gasteiger charge is -2.48. The molecule has 2 rings (SSSR count). The van der Waals surface area contributed by atoms with E-state index in [4.69, 9.17) is 9.47 Å². The Bertz CT molecular complexity index is 459. The van der Waals surface area contributed by atoms with E-state index in [9.17, 15) is 19.5 Å². The molecule has 1 atom stereocenters. The average molecular weight is 299 g/mol. The van der Waals surface area contributed by atoms with Crippen molar-refractivity contribution in [1.29, 1.82) is 0 Å². The van der Waals surface area contributed by atoms with Crippen molar-refractivity contribution in [2.75, 3.05) is 19.8 Å². The number of Topliss-reactive ketones (excluding diaryl/α,β-unsaturated/α-hetero) is 1. The minimum atomic E-state index is -1.24. The van der Waals surface area contributed by atoms with E-state index in [2.05, 4.69) is 0 Å². The molecule has 1 amide bonds. The lowest BCUT2D eigenvalue weighted by molar-refractivity contribution is -0.173. The Kier molecular flexibility index (Phi) is 3.97. The van der Waals surface area contributed by atoms with Crippen molar-refractivity contribution >= 4 is 17.8 Å². The summed E-state index contributed by atoms with van der Waals surface area (Å²) in [7, 11) is 0. The molecule has 2 aliphatic rings. The number of carboxylic acid groups (broad SMARTS) is 1. The predicted molar refractivity (Wildman–Crippen MR) is 71.9 cm³/mol. The number of ketones is 1. The lowest BCUT2D eigenvalue weighted by atomic mass is 9.62. The van der Waals surface area contributed by atoms with Crippen LogP contribution >= 0.6 is 0 Å². The first-order valence-electron chi connectivity index (χ1n) is 6.98. The third-order valence-electron chi connectivity index (χ3n) is 3.85. The molecule has 0 spiro atoms. The maximum atomic E-state index is 12.3. The van der Waals surface area contributed by atoms with Crippen LogP contribution in [0.4, 0.5) is 4.79 Å². The molecule has 7 nitrogen and oxygen atoms in total. The minimum absolute atomic E-state index is 0.0599. The number of ether oxygens (including phenoxy) is 2. The third kappa shape index (κ3) is 3.02. The van der Waals surface area contributed by atoms with Gasteiger partial charge in [-0.05, 0) is 20.8 Å². The minimum Gasteiger partial charge on any atom is -0.481 e. The average Bonchev–Trinajstić information content (AvgIpc) is 2.32. The number of morpholine rings is 1. The molecule has 1 aliphatic carbocycles. The molecule has 0 radical (unpaired) electrons. The highest BCUT2D eigenvalue weighted by atomic mass is 16.6. The lowest BCUT2D eigenvalue weighted by Crippen LogP contribution is -2.64. The normalized spacial score (nSPS) is 25.2. The smallest absolute Gasteiger partial charge is 0.410 e. The molecule has 1 unspecified atom stereocenters. The number of amides is 1. The quantitative estimate of drug-likeness (QED) is 0.819. The van der Waals surface area contributed by atoms with Crippen molar-refractivity contribution in [3.8, 4) is 0 Å². The Morgan fingerprint density at radius 2 is 2.00 bits per heavy atom. The first-order chi connectivity index (χ1) is 9.66. The molecule has 0 aromatic carbocycles. The Hall–Kier alpha value is -1.63. The van der Waals surface area contributed by atoms with Gasteiger partial charge >= 0.3 is 12.1 Å². The van der Waals surface area contributed by atoms with Crippen molar-refractivity contribution in [1.82, 2.24) is 4.90 Å². The predicted octanol–water partition coefficient (Wildman–Crippen LogP) is 1.06. The molecule has 21 heavy (non-hydrogen) atoms. The zero-order valence-corrected chi connectivity index (χ0v) is 12.5. The summed E-state index contributed by atoms with van der Waals surface area (Å²) in [5, 5.41) is 9.50. The molecule has 0 bridgehead atoms. The van der Waals surface area contributed by atoms with Gasteiger partial charge in [0.25, 0.3) is 0 Å². The maximum absolute atomic E-state index is 12.3. The number of hydrogen-bond acceptors (Lipinski definition) is 5. The second-order valence-electron chi connectivity index (χ2n) is 6.62. The molecule has 118 valence electrons. The Labute approximate surface area is 123 Å². The van der Waals surface area contributed by atoms with E-state index in [-0.39, 0.29) is 31.8 Å². The number of nitrogens with zero attached hydrogens (tertiary/aromatic N) is 1. The van der Waals surface area contributed by atoms with Gasteiger partial charge in [0.15, 0.2) is 0 Å². The van der Waals surface area contributed by atoms with Crippen LogP contribution in [0.25, 0.3) is 0 Å². The summed E-state index contributed by atoms with van der Waals surface area (Å²) in [5.74, 6) is -1.17. The van der Waals surface area contributed by atoms with Crippen molar-refractivity contribution in [3.63, 3.8) is 0 Å². The molecule has 0 aromatic rings. The molecule has 0 aromatic heterocycles. The summed E-state index contributed by atoms with van der Waals surface area (Å²) in [5.41, 5.74) is -1.90. The van der Waals surface area contributed by atoms with Gasteiger partial charge < -0.3 is 14.6 Å². The number of hydrogen-bond donors (Lipinski definition) is 1. The number of carboxylic acids is 1. The fraction of sp³-hybridized carbons (Fsp3) is 0.786. The van der Waals surface area contributed by atoms with Crippen LogP contribution in [-0.2, 0) is 19.1 Å². The first-order valence-corrected chi connectivity index (χ1v) is 6.98. The monoisotopic (exact) mass is 299 g/mol. The highest BCUT2D eigenvalue weighted by Crippen LogP contribution is 2.44. The largest absolute Gasteiger partial charge is 0.481 e. The molecule has 1 aliphatic heterocycles. The van der Waals surface area contributed by atoms with E-state index < -0.39 is 29.1 Å². The van der Waals surface area contributed by atoms with E-state index >= 15 is 0 Å². The van der Waals surface area contributed by atoms with Gasteiger partial charge in [0.1, 0.15) is 16.8 Å². The maximum Gasteiger partial charge on any atom is 0.410 e. The molecule has 1 saturated heterocycles. The van der Waals surface area contributed by atoms with Crippen molar-refractivity contribution < 1.29 is 29.0 Å². The summed E-state index contributed by atoms with van der Waals surface area (Å²) >= 11 is 0. The third-order valence-corrected chi connectivity index (χ3v) is 3.85. The SMILES string of the molecule is CC(C)(C)OC(=O)N1CCOCC1C1(C(=O)O)CC(=O)C1. The summed E-state index contributed by atoms with van der Waals surface area (Å²) in [6.45, 7) is 5.96. The number of carbonyl (C=O) groups excluding carboxylic acids is 2. The van der Waals surface area contributed by atoms with Crippen LogP contribution in [0.15, 0.2) is 0 Å². The van der Waals surface area contributed by atoms with Crippen LogP contribution in [0.1, 0.15) is 33.6 Å². The van der Waals surface area contributed by atoms with E-state index in [0.29, 0.717) is 6.61 Å². The van der Waals surface area contributed by atoms with Gasteiger partial charge in [0.05, 0.1) is 19.3 Å². The fourth-order valence-corrected chi connectivity index (χ4v) is 2.78. The van der Waals surface area contributed by atoms with E-state index in [1.54, 1.807) is 20.8 Å². The molecule has 1 N–H and O–H groups in total. The van der Waals surface area contributed by atoms with Crippen LogP contribution in [0.3, 0.4) is 0 Å². The molecule has 2 fully saturated rings. The van der Waals surface area contributed by atoms with Gasteiger partial charge in [-0.3, -0.25) is 14.5 Å². The van der Waals surface area contributed by atoms with Crippen molar-refractivity contribution in [2.45, 2.75) is 45.3 Å². The Balaban J connectivity index is 2.21. The number of carbonyl (C=O) groups is 3. The van der Waals surface area contributed by atoms with Crippen LogP contribution in [0, 0.1) is 5.41 Å². The Morgan fingerprint density at radius 1 is 1.38 bits per heavy atom. The summed E-state index contributed by atoms with van der Waals surface area (Å²) < 4.78 is 10.7. The number of rotatable bonds is 2. The molecule has 1 heterocycles. The van der Waals surface area contributed by atoms with Crippen molar-refractivity contribution in [2.24, 2.45) is 5.41 Å². The van der Waals surface area contributed by atoms with Crippen LogP contribution < -0.4 is 0 Å². The van der Waals surface area contributed by atoms with Crippen molar-refractivity contribution in [3.05, 3.63) is 0 Å². The Morgan fingerprint density at radius 3 is 2.48 bits per heavy atom. The topological polar surface area (TPSA) is 93.1 Å². The molecular formula is C14H21NO6. The standard InChI is InChI=1S/C14H21NO6/c1-13(2,3)21-12(19)15-4-5-20-8-10(15)14(11(17)18)6-9(16)7-14/h10H,4-8H2,1-3H3,(H,17,18). The fourth-order valence-electron chi connectivity index (χ4n) is 2.78. The second kappa shape index (κ2) is 5.29. The van der Waals surface area contributed by atoms with E-state index in [0.717, 1.165) is 0 Å². The summed E-state index contributed by atoms with van der Waals surface area (Å²) in [6, 6.07) is -0.670. The van der Waals surface area contributed by atoms with E-state index in [1.165, 1.54) is 4.90 Å². The molecule has 1 saturated carbocycles. The summed E-state index contributed by atoms with van der Waals surface area (Å²) in [6.07, 6.45) is -0.679. The van der Waals surface area contributed by atoms with Gasteiger partial charge in [-0.25, -0.2) is 4.79 Å². The van der Waals surface area contributed by atoms with Gasteiger partial charge in [-0.15, -0.1) is 0 Å². The molecular weight excluding hydrogens is 278 g/mol. The zero-order valence-electron chi connectivity index (χ0n) is 12.5. The highest BCUT2D eigenvalue weighted by molar-refractivity contribution is 5.98. The highest BCUT2D eigenvalue weighted by Gasteiger charge is 2.59. The first kappa shape index (κ1) is 15.8. The van der Waals surface area contributed by atoms with Gasteiger partial charge in [0, 0.05) is 19.4 Å². The molecule has 7 heteroatoms. The van der Waals surface area contributed by atoms with Gasteiger partial charge in [0.2, 0.25) is 0 Å². The number of aliphatic carboxylic acids is 1. The van der Waals surface area contributed by atoms with Gasteiger partial charge in [-0.2, -0.15) is 0 Å². The van der Waals surface area contributed by atoms with Gasteiger partial charge in [-0.1, -0.05) is 0 Å². The van der Waals surface area contributed by atoms with E-state index in [1.807, 2.05) is 0 Å².